The zero-order valence-corrected chi connectivity index (χ0v) is 13.1. The van der Waals surface area contributed by atoms with Gasteiger partial charge in [0.05, 0.1) is 12.6 Å². The average Bonchev–Trinajstić information content (AvgIpc) is 2.72. The highest BCUT2D eigenvalue weighted by atomic mass is 19.4. The summed E-state index contributed by atoms with van der Waals surface area (Å²) < 4.78 is 36.9. The second-order valence-electron chi connectivity index (χ2n) is 5.60. The summed E-state index contributed by atoms with van der Waals surface area (Å²) in [6.45, 7) is 7.87. The minimum atomic E-state index is -5.08. The quantitative estimate of drug-likeness (QED) is 0.745. The number of carbonyl (C=O) groups excluding carboxylic acids is 1. The second kappa shape index (κ2) is 7.90. The van der Waals surface area contributed by atoms with Crippen molar-refractivity contribution in [2.45, 2.75) is 46.5 Å². The first-order valence-corrected chi connectivity index (χ1v) is 6.37. The van der Waals surface area contributed by atoms with Crippen molar-refractivity contribution in [3.63, 3.8) is 0 Å². The number of hydrogen-bond donors (Lipinski definition) is 3. The zero-order valence-electron chi connectivity index (χ0n) is 13.1. The summed E-state index contributed by atoms with van der Waals surface area (Å²) in [5.74, 6) is -2.19. The van der Waals surface area contributed by atoms with Gasteiger partial charge < -0.3 is 15.3 Å². The highest BCUT2D eigenvalue weighted by Gasteiger charge is 2.38. The normalized spacial score (nSPS) is 13.0. The number of alkyl halides is 3. The van der Waals surface area contributed by atoms with E-state index in [1.807, 2.05) is 20.8 Å². The first-order valence-electron chi connectivity index (χ1n) is 6.37. The molecule has 1 aromatic rings. The summed E-state index contributed by atoms with van der Waals surface area (Å²) in [5, 5.41) is 17.7. The number of carboxylic acid groups (broad SMARTS) is 1. The van der Waals surface area contributed by atoms with Crippen LogP contribution < -0.4 is 11.1 Å². The molecular weight excluding hydrogens is 321 g/mol. The molecule has 0 aliphatic rings. The van der Waals surface area contributed by atoms with E-state index < -0.39 is 18.2 Å². The molecule has 0 radical (unpaired) electrons. The minimum Gasteiger partial charge on any atom is -0.475 e. The van der Waals surface area contributed by atoms with Gasteiger partial charge in [0.1, 0.15) is 0 Å². The van der Waals surface area contributed by atoms with Gasteiger partial charge in [-0.05, 0) is 5.41 Å². The van der Waals surface area contributed by atoms with Crippen LogP contribution in [0, 0.1) is 12.3 Å². The third-order valence-corrected chi connectivity index (χ3v) is 2.42. The Labute approximate surface area is 130 Å². The third kappa shape index (κ3) is 8.14. The van der Waals surface area contributed by atoms with E-state index in [-0.39, 0.29) is 11.3 Å². The van der Waals surface area contributed by atoms with Crippen LogP contribution in [0.1, 0.15) is 32.6 Å². The zero-order chi connectivity index (χ0) is 18.4. The summed E-state index contributed by atoms with van der Waals surface area (Å²) >= 11 is 0. The molecule has 0 aliphatic heterocycles. The number of hydrogen-bond acceptors (Lipinski definition) is 6. The Bertz CT molecular complexity index is 537. The molecule has 4 N–H and O–H groups in total. The fraction of sp³-hybridized carbons (Fsp3) is 0.667. The topological polar surface area (TPSA) is 131 Å². The number of nitrogens with two attached hydrogens (primary N) is 1. The average molecular weight is 340 g/mol. The number of carbonyl (C=O) groups is 2. The maximum Gasteiger partial charge on any atom is 0.490 e. The molecule has 1 atom stereocenters. The van der Waals surface area contributed by atoms with Gasteiger partial charge in [0, 0.05) is 6.92 Å². The second-order valence-corrected chi connectivity index (χ2v) is 5.60. The van der Waals surface area contributed by atoms with Crippen molar-refractivity contribution in [1.29, 1.82) is 0 Å². The van der Waals surface area contributed by atoms with Crippen LogP contribution in [0.15, 0.2) is 4.42 Å². The lowest BCUT2D eigenvalue weighted by molar-refractivity contribution is -0.192. The molecular formula is C12H19F3N4O4. The smallest absolute Gasteiger partial charge is 0.475 e. The van der Waals surface area contributed by atoms with Crippen LogP contribution >= 0.6 is 0 Å². The van der Waals surface area contributed by atoms with E-state index in [1.165, 1.54) is 0 Å². The Kier molecular flexibility index (Phi) is 7.16. The van der Waals surface area contributed by atoms with Crippen LogP contribution in [0.5, 0.6) is 0 Å². The van der Waals surface area contributed by atoms with Gasteiger partial charge in [-0.2, -0.15) is 13.2 Å². The molecule has 0 spiro atoms. The summed E-state index contributed by atoms with van der Waals surface area (Å²) in [6.07, 6.45) is -5.08. The molecule has 1 rings (SSSR count). The van der Waals surface area contributed by atoms with Gasteiger partial charge in [0.25, 0.3) is 0 Å². The summed E-state index contributed by atoms with van der Waals surface area (Å²) in [5.41, 5.74) is 5.08. The molecule has 23 heavy (non-hydrogen) atoms. The molecule has 1 heterocycles. The van der Waals surface area contributed by atoms with Crippen LogP contribution in [0.3, 0.4) is 0 Å². The lowest BCUT2D eigenvalue weighted by atomic mass is 9.86. The molecule has 0 saturated heterocycles. The van der Waals surface area contributed by atoms with E-state index in [9.17, 15) is 18.0 Å². The molecule has 0 fully saturated rings. The molecule has 1 aromatic heterocycles. The molecule has 11 heteroatoms. The van der Waals surface area contributed by atoms with Gasteiger partial charge in [-0.15, -0.1) is 10.2 Å². The predicted molar refractivity (Wildman–Crippen MR) is 72.0 cm³/mol. The Balaban J connectivity index is 0.000000585. The SMILES string of the molecule is Cc1nnc(CN[C@H](C(N)=O)C(C)(C)C)o1.O=C(O)C(F)(F)F. The van der Waals surface area contributed by atoms with Gasteiger partial charge in [-0.25, -0.2) is 4.79 Å². The van der Waals surface area contributed by atoms with Crippen LogP contribution in [-0.2, 0) is 16.1 Å². The van der Waals surface area contributed by atoms with Gasteiger partial charge in [-0.3, -0.25) is 10.1 Å². The number of nitrogens with zero attached hydrogens (tertiary/aromatic N) is 2. The number of amides is 1. The minimum absolute atomic E-state index is 0.249. The van der Waals surface area contributed by atoms with E-state index in [4.69, 9.17) is 20.1 Å². The lowest BCUT2D eigenvalue weighted by Gasteiger charge is -2.28. The lowest BCUT2D eigenvalue weighted by Crippen LogP contribution is -2.49. The van der Waals surface area contributed by atoms with Crippen molar-refractivity contribution in [2.24, 2.45) is 11.1 Å². The molecule has 132 valence electrons. The van der Waals surface area contributed by atoms with Crippen molar-refractivity contribution >= 4 is 11.9 Å². The molecule has 1 amide bonds. The van der Waals surface area contributed by atoms with E-state index in [2.05, 4.69) is 15.5 Å². The van der Waals surface area contributed by atoms with Crippen molar-refractivity contribution in [2.75, 3.05) is 0 Å². The Morgan fingerprint density at radius 2 is 1.78 bits per heavy atom. The number of aryl methyl sites for hydroxylation is 1. The van der Waals surface area contributed by atoms with Crippen LogP contribution in [0.25, 0.3) is 0 Å². The standard InChI is InChI=1S/C10H18N4O2.C2HF3O2/c1-6-13-14-7(16-6)5-12-8(9(11)15)10(2,3)4;3-2(4,5)1(6)7/h8,12H,5H2,1-4H3,(H2,11,15);(H,6,7)/t8-;/m1./s1. The fourth-order valence-corrected chi connectivity index (χ4v) is 1.43. The number of carboxylic acids is 1. The molecule has 0 saturated carbocycles. The van der Waals surface area contributed by atoms with Gasteiger partial charge >= 0.3 is 12.1 Å². The molecule has 8 nitrogen and oxygen atoms in total. The van der Waals surface area contributed by atoms with E-state index in [1.54, 1.807) is 6.92 Å². The molecule has 0 unspecified atom stereocenters. The van der Waals surface area contributed by atoms with Crippen molar-refractivity contribution in [1.82, 2.24) is 15.5 Å². The van der Waals surface area contributed by atoms with E-state index in [0.29, 0.717) is 18.3 Å². The van der Waals surface area contributed by atoms with Gasteiger partial charge in [0.15, 0.2) is 0 Å². The van der Waals surface area contributed by atoms with Crippen molar-refractivity contribution in [3.8, 4) is 0 Å². The third-order valence-electron chi connectivity index (χ3n) is 2.42. The number of rotatable bonds is 4. The molecule has 0 aromatic carbocycles. The summed E-state index contributed by atoms with van der Waals surface area (Å²) in [7, 11) is 0. The maximum atomic E-state index is 11.3. The van der Waals surface area contributed by atoms with E-state index in [0.717, 1.165) is 0 Å². The first-order chi connectivity index (χ1) is 10.2. The molecule has 0 aliphatic carbocycles. The largest absolute Gasteiger partial charge is 0.490 e. The molecule has 0 bridgehead atoms. The highest BCUT2D eigenvalue weighted by Crippen LogP contribution is 2.19. The van der Waals surface area contributed by atoms with Crippen LogP contribution in [0.4, 0.5) is 13.2 Å². The highest BCUT2D eigenvalue weighted by molar-refractivity contribution is 5.80. The summed E-state index contributed by atoms with van der Waals surface area (Å²) in [4.78, 5) is 20.2. The monoisotopic (exact) mass is 340 g/mol. The Morgan fingerprint density at radius 1 is 1.30 bits per heavy atom. The van der Waals surface area contributed by atoms with Gasteiger partial charge in [0.2, 0.25) is 17.7 Å². The number of aliphatic carboxylic acids is 1. The van der Waals surface area contributed by atoms with Crippen molar-refractivity contribution in [3.05, 3.63) is 11.8 Å². The first kappa shape index (κ1) is 20.8. The van der Waals surface area contributed by atoms with Crippen LogP contribution in [0.2, 0.25) is 0 Å². The Morgan fingerprint density at radius 3 is 2.04 bits per heavy atom. The number of aromatic nitrogens is 2. The van der Waals surface area contributed by atoms with Gasteiger partial charge in [-0.1, -0.05) is 20.8 Å². The number of halogens is 3. The van der Waals surface area contributed by atoms with Crippen molar-refractivity contribution < 1.29 is 32.3 Å². The number of nitrogens with one attached hydrogen (secondary N) is 1. The Hall–Kier alpha value is -2.17. The fourth-order valence-electron chi connectivity index (χ4n) is 1.43. The van der Waals surface area contributed by atoms with E-state index >= 15 is 0 Å². The maximum absolute atomic E-state index is 11.3. The van der Waals surface area contributed by atoms with Crippen LogP contribution in [-0.4, -0.2) is 39.4 Å². The summed E-state index contributed by atoms with van der Waals surface area (Å²) in [6, 6.07) is -0.431. The predicted octanol–water partition coefficient (Wildman–Crippen LogP) is 1.00. The number of primary amides is 1.